The molecule has 17 heavy (non-hydrogen) atoms. The molecule has 3 rings (SSSR count). The van der Waals surface area contributed by atoms with Crippen LogP contribution in [0, 0.1) is 5.92 Å². The van der Waals surface area contributed by atoms with Gasteiger partial charge in [0, 0.05) is 6.04 Å². The highest BCUT2D eigenvalue weighted by molar-refractivity contribution is 5.44. The first-order valence-corrected chi connectivity index (χ1v) is 6.55. The number of nitrogens with zero attached hydrogens (tertiary/aromatic N) is 1. The van der Waals surface area contributed by atoms with Gasteiger partial charge in [-0.15, -0.1) is 0 Å². The zero-order chi connectivity index (χ0) is 12.2. The largest absolute Gasteiger partial charge is 0.508 e. The molecule has 3 atom stereocenters. The van der Waals surface area contributed by atoms with Gasteiger partial charge in [0.2, 0.25) is 0 Å². The zero-order valence-electron chi connectivity index (χ0n) is 10.9. The number of aromatic hydroxyl groups is 1. The number of hydrogen-bond donors (Lipinski definition) is 1. The monoisotopic (exact) mass is 231 g/mol. The Morgan fingerprint density at radius 3 is 2.94 bits per heavy atom. The first-order valence-electron chi connectivity index (χ1n) is 6.55. The third-order valence-corrected chi connectivity index (χ3v) is 5.27. The van der Waals surface area contributed by atoms with Crippen molar-refractivity contribution in [1.82, 2.24) is 4.90 Å². The molecule has 0 aromatic heterocycles. The van der Waals surface area contributed by atoms with E-state index in [1.54, 1.807) is 0 Å². The summed E-state index contributed by atoms with van der Waals surface area (Å²) in [7, 11) is 2.24. The summed E-state index contributed by atoms with van der Waals surface area (Å²) < 4.78 is 0. The van der Waals surface area contributed by atoms with E-state index >= 15 is 0 Å². The minimum absolute atomic E-state index is 0.240. The molecule has 0 unspecified atom stereocenters. The highest BCUT2D eigenvalue weighted by Crippen LogP contribution is 2.48. The predicted octanol–water partition coefficient (Wildman–Crippen LogP) is 2.55. The van der Waals surface area contributed by atoms with E-state index in [2.05, 4.69) is 31.9 Å². The Morgan fingerprint density at radius 1 is 1.41 bits per heavy atom. The summed E-state index contributed by atoms with van der Waals surface area (Å²) in [6.45, 7) is 5.91. The maximum absolute atomic E-state index is 9.73. The fourth-order valence-electron chi connectivity index (χ4n) is 3.82. The highest BCUT2D eigenvalue weighted by atomic mass is 16.3. The van der Waals surface area contributed by atoms with Gasteiger partial charge in [-0.25, -0.2) is 0 Å². The van der Waals surface area contributed by atoms with Crippen molar-refractivity contribution in [1.29, 1.82) is 0 Å². The number of fused-ring (bicyclic) bond motifs is 4. The van der Waals surface area contributed by atoms with E-state index in [9.17, 15) is 5.11 Å². The summed E-state index contributed by atoms with van der Waals surface area (Å²) in [4.78, 5) is 2.50. The van der Waals surface area contributed by atoms with Gasteiger partial charge in [-0.1, -0.05) is 19.9 Å². The lowest BCUT2D eigenvalue weighted by atomic mass is 9.59. The van der Waals surface area contributed by atoms with Gasteiger partial charge in [0.15, 0.2) is 0 Å². The van der Waals surface area contributed by atoms with Crippen LogP contribution in [0.3, 0.4) is 0 Å². The van der Waals surface area contributed by atoms with Crippen molar-refractivity contribution in [3.8, 4) is 5.75 Å². The van der Waals surface area contributed by atoms with Crippen molar-refractivity contribution in [2.24, 2.45) is 5.92 Å². The fraction of sp³-hybridized carbons (Fsp3) is 0.600. The smallest absolute Gasteiger partial charge is 0.115 e. The molecule has 0 saturated carbocycles. The van der Waals surface area contributed by atoms with Gasteiger partial charge in [-0.3, -0.25) is 0 Å². The van der Waals surface area contributed by atoms with E-state index in [-0.39, 0.29) is 5.41 Å². The fourth-order valence-corrected chi connectivity index (χ4v) is 3.82. The average Bonchev–Trinajstić information content (AvgIpc) is 2.30. The summed E-state index contributed by atoms with van der Waals surface area (Å²) >= 11 is 0. The van der Waals surface area contributed by atoms with E-state index < -0.39 is 0 Å². The SMILES string of the molecule is C[C@@H]1[C@H]2Cc3ccc(O)cc3[C@@]1(C)CCN2C. The molecular formula is C15H21NO. The molecule has 1 N–H and O–H groups in total. The molecule has 92 valence electrons. The van der Waals surface area contributed by atoms with Gasteiger partial charge in [0.25, 0.3) is 0 Å². The number of benzene rings is 1. The minimum atomic E-state index is 0.240. The number of hydrogen-bond acceptors (Lipinski definition) is 2. The second-order valence-electron chi connectivity index (χ2n) is 6.05. The molecule has 1 saturated heterocycles. The minimum Gasteiger partial charge on any atom is -0.508 e. The van der Waals surface area contributed by atoms with Crippen LogP contribution in [0.5, 0.6) is 5.75 Å². The first-order chi connectivity index (χ1) is 8.02. The highest BCUT2D eigenvalue weighted by Gasteiger charge is 2.47. The van der Waals surface area contributed by atoms with Crippen molar-refractivity contribution < 1.29 is 5.11 Å². The molecule has 2 aliphatic rings. The van der Waals surface area contributed by atoms with Gasteiger partial charge in [0.1, 0.15) is 5.75 Å². The lowest BCUT2D eigenvalue weighted by Gasteiger charge is -2.53. The zero-order valence-corrected chi connectivity index (χ0v) is 10.9. The maximum atomic E-state index is 9.73. The number of piperidine rings is 1. The summed E-state index contributed by atoms with van der Waals surface area (Å²) in [5.41, 5.74) is 3.05. The molecular weight excluding hydrogens is 210 g/mol. The Kier molecular flexibility index (Phi) is 2.27. The first kappa shape index (κ1) is 11.1. The van der Waals surface area contributed by atoms with Crippen LogP contribution in [0.1, 0.15) is 31.4 Å². The Morgan fingerprint density at radius 2 is 2.18 bits per heavy atom. The Labute approximate surface area is 103 Å². The molecule has 0 radical (unpaired) electrons. The van der Waals surface area contributed by atoms with E-state index in [1.165, 1.54) is 24.1 Å². The molecule has 0 spiro atoms. The summed E-state index contributed by atoms with van der Waals surface area (Å²) in [5, 5.41) is 9.73. The topological polar surface area (TPSA) is 23.5 Å². The molecule has 1 fully saturated rings. The van der Waals surface area contributed by atoms with E-state index in [0.29, 0.717) is 17.7 Å². The van der Waals surface area contributed by atoms with Gasteiger partial charge in [0.05, 0.1) is 0 Å². The molecule has 2 nitrogen and oxygen atoms in total. The van der Waals surface area contributed by atoms with Crippen molar-refractivity contribution in [3.63, 3.8) is 0 Å². The average molecular weight is 231 g/mol. The second-order valence-corrected chi connectivity index (χ2v) is 6.05. The van der Waals surface area contributed by atoms with Crippen LogP contribution in [0.25, 0.3) is 0 Å². The van der Waals surface area contributed by atoms with E-state index in [4.69, 9.17) is 0 Å². The van der Waals surface area contributed by atoms with Crippen LogP contribution in [-0.2, 0) is 11.8 Å². The molecule has 1 aliphatic heterocycles. The third kappa shape index (κ3) is 1.43. The van der Waals surface area contributed by atoms with Gasteiger partial charge in [-0.05, 0) is 61.0 Å². The van der Waals surface area contributed by atoms with E-state index in [1.807, 2.05) is 12.1 Å². The summed E-state index contributed by atoms with van der Waals surface area (Å²) in [5.74, 6) is 1.07. The molecule has 1 aromatic rings. The standard InChI is InChI=1S/C15H21NO/c1-10-14-8-11-4-5-12(17)9-13(11)15(10,2)6-7-16(14)3/h4-5,9-10,14,17H,6-8H2,1-3H3/t10-,14-,15+/m1/s1. The molecule has 2 heteroatoms. The van der Waals surface area contributed by atoms with Crippen LogP contribution in [0.15, 0.2) is 18.2 Å². The Hall–Kier alpha value is -1.02. The molecule has 2 bridgehead atoms. The number of phenols is 1. The normalized spacial score (nSPS) is 36.6. The Balaban J connectivity index is 2.16. The molecule has 0 amide bonds. The van der Waals surface area contributed by atoms with Crippen molar-refractivity contribution >= 4 is 0 Å². The quantitative estimate of drug-likeness (QED) is 0.741. The number of rotatable bonds is 0. The van der Waals surface area contributed by atoms with Crippen LogP contribution >= 0.6 is 0 Å². The molecule has 1 aliphatic carbocycles. The number of phenolic OH excluding ortho intramolecular Hbond substituents is 1. The van der Waals surface area contributed by atoms with Gasteiger partial charge in [-0.2, -0.15) is 0 Å². The van der Waals surface area contributed by atoms with Crippen LogP contribution in [0.4, 0.5) is 0 Å². The van der Waals surface area contributed by atoms with E-state index in [0.717, 1.165) is 6.42 Å². The second kappa shape index (κ2) is 3.49. The maximum Gasteiger partial charge on any atom is 0.115 e. The predicted molar refractivity (Wildman–Crippen MR) is 69.4 cm³/mol. The van der Waals surface area contributed by atoms with Crippen LogP contribution < -0.4 is 0 Å². The number of likely N-dealkylation sites (tertiary alicyclic amines) is 1. The molecule has 1 aromatic carbocycles. The summed E-state index contributed by atoms with van der Waals surface area (Å²) in [6, 6.07) is 6.59. The van der Waals surface area contributed by atoms with Crippen molar-refractivity contribution in [2.45, 2.75) is 38.1 Å². The van der Waals surface area contributed by atoms with Gasteiger partial charge < -0.3 is 10.0 Å². The lowest BCUT2D eigenvalue weighted by Crippen LogP contribution is -2.56. The third-order valence-electron chi connectivity index (χ3n) is 5.27. The van der Waals surface area contributed by atoms with Gasteiger partial charge >= 0.3 is 0 Å². The Bertz CT molecular complexity index is 456. The van der Waals surface area contributed by atoms with Crippen molar-refractivity contribution in [3.05, 3.63) is 29.3 Å². The lowest BCUT2D eigenvalue weighted by molar-refractivity contribution is 0.0506. The van der Waals surface area contributed by atoms with Crippen molar-refractivity contribution in [2.75, 3.05) is 13.6 Å². The number of likely N-dealkylation sites (N-methyl/N-ethyl adjacent to an activating group) is 1. The van der Waals surface area contributed by atoms with Crippen LogP contribution in [-0.4, -0.2) is 29.6 Å². The molecule has 1 heterocycles. The summed E-state index contributed by atoms with van der Waals surface area (Å²) in [6.07, 6.45) is 2.32. The van der Waals surface area contributed by atoms with Crippen LogP contribution in [0.2, 0.25) is 0 Å².